The van der Waals surface area contributed by atoms with Gasteiger partial charge in [0, 0.05) is 17.5 Å². The fourth-order valence-electron chi connectivity index (χ4n) is 3.14. The second-order valence-electron chi connectivity index (χ2n) is 6.25. The molecule has 4 rings (SSSR count). The van der Waals surface area contributed by atoms with E-state index in [4.69, 9.17) is 9.15 Å². The van der Waals surface area contributed by atoms with Gasteiger partial charge in [-0.15, -0.1) is 11.8 Å². The van der Waals surface area contributed by atoms with Crippen molar-refractivity contribution in [2.24, 2.45) is 0 Å². The number of thioether (sulfide) groups is 1. The van der Waals surface area contributed by atoms with Crippen molar-refractivity contribution in [3.05, 3.63) is 70.1 Å². The Morgan fingerprint density at radius 1 is 1.19 bits per heavy atom. The summed E-state index contributed by atoms with van der Waals surface area (Å²) >= 11 is 1.57. The predicted molar refractivity (Wildman–Crippen MR) is 106 cm³/mol. The maximum Gasteiger partial charge on any atom is 0.336 e. The van der Waals surface area contributed by atoms with Crippen LogP contribution < -0.4 is 15.8 Å². The molecule has 1 saturated heterocycles. The summed E-state index contributed by atoms with van der Waals surface area (Å²) in [5.74, 6) is 0.885. The van der Waals surface area contributed by atoms with Gasteiger partial charge < -0.3 is 9.15 Å². The summed E-state index contributed by atoms with van der Waals surface area (Å²) in [4.78, 5) is 24.1. The summed E-state index contributed by atoms with van der Waals surface area (Å²) in [6.45, 7) is 1.85. The number of carbonyl (C=O) groups excluding carboxylic acids is 1. The van der Waals surface area contributed by atoms with E-state index >= 15 is 0 Å². The summed E-state index contributed by atoms with van der Waals surface area (Å²) in [7, 11) is 1.54. The molecular weight excluding hydrogens is 364 g/mol. The standard InChI is InChI=1S/C20H18N2O4S/c1-12-8-19(24)26-16-10-17(25-2)15(9-14(12)16)21-22-18(23)11-27-20(22)13-6-4-3-5-7-13/h3-10,20-21H,11H2,1-2H3. The number of aryl methyl sites for hydroxylation is 1. The van der Waals surface area contributed by atoms with E-state index in [0.717, 1.165) is 16.5 Å². The number of nitrogens with zero attached hydrogens (tertiary/aromatic N) is 1. The Morgan fingerprint density at radius 2 is 1.96 bits per heavy atom. The third-order valence-corrected chi connectivity index (χ3v) is 5.68. The van der Waals surface area contributed by atoms with Crippen LogP contribution in [0.15, 0.2) is 57.7 Å². The van der Waals surface area contributed by atoms with Crippen molar-refractivity contribution in [2.45, 2.75) is 12.3 Å². The Hall–Kier alpha value is -2.93. The topological polar surface area (TPSA) is 71.8 Å². The molecule has 0 aliphatic carbocycles. The fourth-order valence-corrected chi connectivity index (χ4v) is 4.25. The molecule has 1 aromatic heterocycles. The van der Waals surface area contributed by atoms with E-state index in [1.54, 1.807) is 22.8 Å². The number of carbonyl (C=O) groups is 1. The van der Waals surface area contributed by atoms with Crippen molar-refractivity contribution in [1.82, 2.24) is 5.01 Å². The zero-order chi connectivity index (χ0) is 19.0. The molecule has 0 spiro atoms. The number of benzene rings is 2. The summed E-state index contributed by atoms with van der Waals surface area (Å²) in [5, 5.41) is 2.28. The highest BCUT2D eigenvalue weighted by Gasteiger charge is 2.33. The zero-order valence-corrected chi connectivity index (χ0v) is 15.7. The van der Waals surface area contributed by atoms with Crippen LogP contribution in [0.1, 0.15) is 16.5 Å². The minimum atomic E-state index is -0.405. The first-order chi connectivity index (χ1) is 13.1. The van der Waals surface area contributed by atoms with Gasteiger partial charge in [-0.1, -0.05) is 30.3 Å². The number of fused-ring (bicyclic) bond motifs is 1. The van der Waals surface area contributed by atoms with Gasteiger partial charge in [-0.25, -0.2) is 9.80 Å². The number of methoxy groups -OCH3 is 1. The molecule has 2 aromatic carbocycles. The van der Waals surface area contributed by atoms with Gasteiger partial charge in [-0.3, -0.25) is 10.2 Å². The van der Waals surface area contributed by atoms with Gasteiger partial charge in [0.25, 0.3) is 5.91 Å². The molecule has 2 heterocycles. The van der Waals surface area contributed by atoms with E-state index in [0.29, 0.717) is 22.8 Å². The van der Waals surface area contributed by atoms with Crippen LogP contribution in [0.5, 0.6) is 5.75 Å². The number of amides is 1. The van der Waals surface area contributed by atoms with Gasteiger partial charge >= 0.3 is 5.63 Å². The molecular formula is C20H18N2O4S. The highest BCUT2D eigenvalue weighted by Crippen LogP contribution is 2.40. The third kappa shape index (κ3) is 3.26. The molecule has 1 aliphatic heterocycles. The van der Waals surface area contributed by atoms with E-state index in [9.17, 15) is 9.59 Å². The zero-order valence-electron chi connectivity index (χ0n) is 14.9. The number of anilines is 1. The molecule has 1 amide bonds. The molecule has 0 radical (unpaired) electrons. The third-order valence-electron chi connectivity index (χ3n) is 4.46. The van der Waals surface area contributed by atoms with Crippen molar-refractivity contribution in [3.63, 3.8) is 0 Å². The number of nitrogens with one attached hydrogen (secondary N) is 1. The van der Waals surface area contributed by atoms with Crippen LogP contribution >= 0.6 is 11.8 Å². The lowest BCUT2D eigenvalue weighted by Gasteiger charge is -2.26. The SMILES string of the molecule is COc1cc2oc(=O)cc(C)c2cc1NN1C(=O)CSC1c1ccccc1. The van der Waals surface area contributed by atoms with Crippen molar-refractivity contribution >= 4 is 34.3 Å². The van der Waals surface area contributed by atoms with Crippen LogP contribution in [0.25, 0.3) is 11.0 Å². The molecule has 138 valence electrons. The van der Waals surface area contributed by atoms with E-state index in [-0.39, 0.29) is 11.3 Å². The number of rotatable bonds is 4. The van der Waals surface area contributed by atoms with Gasteiger partial charge in [0.15, 0.2) is 0 Å². The molecule has 1 unspecified atom stereocenters. The van der Waals surface area contributed by atoms with Crippen LogP contribution in [0.3, 0.4) is 0 Å². The largest absolute Gasteiger partial charge is 0.494 e. The normalized spacial score (nSPS) is 16.7. The summed E-state index contributed by atoms with van der Waals surface area (Å²) in [6, 6.07) is 14.8. The minimum Gasteiger partial charge on any atom is -0.494 e. The molecule has 6 nitrogen and oxygen atoms in total. The Labute approximate surface area is 160 Å². The van der Waals surface area contributed by atoms with Gasteiger partial charge in [0.05, 0.1) is 18.6 Å². The van der Waals surface area contributed by atoms with Crippen molar-refractivity contribution in [3.8, 4) is 5.75 Å². The summed E-state index contributed by atoms with van der Waals surface area (Å²) in [6.07, 6.45) is 0. The smallest absolute Gasteiger partial charge is 0.336 e. The van der Waals surface area contributed by atoms with E-state index in [2.05, 4.69) is 5.43 Å². The maximum absolute atomic E-state index is 12.5. The van der Waals surface area contributed by atoms with Gasteiger partial charge in [0.2, 0.25) is 0 Å². The number of hydrogen-bond acceptors (Lipinski definition) is 6. The fraction of sp³-hybridized carbons (Fsp3) is 0.200. The van der Waals surface area contributed by atoms with Crippen LogP contribution in [0.2, 0.25) is 0 Å². The Kier molecular flexibility index (Phi) is 4.53. The van der Waals surface area contributed by atoms with E-state index in [1.165, 1.54) is 13.2 Å². The molecule has 0 saturated carbocycles. The second kappa shape index (κ2) is 7.00. The molecule has 7 heteroatoms. The highest BCUT2D eigenvalue weighted by molar-refractivity contribution is 8.00. The van der Waals surface area contributed by atoms with Crippen molar-refractivity contribution in [1.29, 1.82) is 0 Å². The van der Waals surface area contributed by atoms with Crippen LogP contribution in [0, 0.1) is 6.92 Å². The molecule has 1 N–H and O–H groups in total. The lowest BCUT2D eigenvalue weighted by Crippen LogP contribution is -2.34. The van der Waals surface area contributed by atoms with Crippen molar-refractivity contribution in [2.75, 3.05) is 18.3 Å². The first-order valence-electron chi connectivity index (χ1n) is 8.44. The summed E-state index contributed by atoms with van der Waals surface area (Å²) in [5.41, 5.74) is 5.74. The number of hydrazine groups is 1. The Bertz CT molecular complexity index is 1060. The van der Waals surface area contributed by atoms with E-state index in [1.807, 2.05) is 43.3 Å². The van der Waals surface area contributed by atoms with Crippen LogP contribution in [-0.4, -0.2) is 23.8 Å². The molecule has 1 aliphatic rings. The van der Waals surface area contributed by atoms with Crippen molar-refractivity contribution < 1.29 is 13.9 Å². The summed E-state index contributed by atoms with van der Waals surface area (Å²) < 4.78 is 10.7. The predicted octanol–water partition coefficient (Wildman–Crippen LogP) is 3.71. The minimum absolute atomic E-state index is 0.00711. The average Bonchev–Trinajstić information content (AvgIpc) is 3.03. The lowest BCUT2D eigenvalue weighted by atomic mass is 10.1. The first-order valence-corrected chi connectivity index (χ1v) is 9.49. The van der Waals surface area contributed by atoms with E-state index < -0.39 is 5.63 Å². The van der Waals surface area contributed by atoms with Crippen LogP contribution in [-0.2, 0) is 4.79 Å². The molecule has 1 atom stereocenters. The molecule has 1 fully saturated rings. The molecule has 3 aromatic rings. The molecule has 27 heavy (non-hydrogen) atoms. The first kappa shape index (κ1) is 17.5. The quantitative estimate of drug-likeness (QED) is 0.694. The average molecular weight is 382 g/mol. The Morgan fingerprint density at radius 3 is 2.70 bits per heavy atom. The van der Waals surface area contributed by atoms with Crippen LogP contribution in [0.4, 0.5) is 5.69 Å². The van der Waals surface area contributed by atoms with Gasteiger partial charge in [-0.2, -0.15) is 0 Å². The second-order valence-corrected chi connectivity index (χ2v) is 7.32. The Balaban J connectivity index is 1.75. The lowest BCUT2D eigenvalue weighted by molar-refractivity contribution is -0.126. The molecule has 0 bridgehead atoms. The van der Waals surface area contributed by atoms with Gasteiger partial charge in [-0.05, 0) is 24.1 Å². The highest BCUT2D eigenvalue weighted by atomic mass is 32.2. The number of ether oxygens (including phenoxy) is 1. The monoisotopic (exact) mass is 382 g/mol. The van der Waals surface area contributed by atoms with Gasteiger partial charge in [0.1, 0.15) is 16.7 Å². The number of hydrogen-bond donors (Lipinski definition) is 1. The maximum atomic E-state index is 12.5.